The molecule has 0 saturated carbocycles. The van der Waals surface area contributed by atoms with Gasteiger partial charge in [-0.2, -0.15) is 0 Å². The van der Waals surface area contributed by atoms with E-state index in [-0.39, 0.29) is 21.9 Å². The van der Waals surface area contributed by atoms with Crippen LogP contribution in [0.1, 0.15) is 5.82 Å². The minimum absolute atomic E-state index is 0.135. The molecule has 2 N–H and O–H groups in total. The van der Waals surface area contributed by atoms with E-state index in [0.29, 0.717) is 5.82 Å². The number of hydrogen-bond donors (Lipinski definition) is 2. The van der Waals surface area contributed by atoms with Gasteiger partial charge < -0.3 is 9.97 Å². The first-order chi connectivity index (χ1) is 8.06. The number of nitrogens with zero attached hydrogens (tertiary/aromatic N) is 1. The third-order valence-corrected chi connectivity index (χ3v) is 2.59. The Kier molecular flexibility index (Phi) is 1.83. The highest BCUT2D eigenvalue weighted by Crippen LogP contribution is 2.25. The molecule has 0 amide bonds. The normalized spacial score (nSPS) is 11.5. The van der Waals surface area contributed by atoms with Crippen molar-refractivity contribution in [3.05, 3.63) is 39.9 Å². The Bertz CT molecular complexity index is 804. The van der Waals surface area contributed by atoms with E-state index in [1.165, 1.54) is 0 Å². The molecule has 17 heavy (non-hydrogen) atoms. The summed E-state index contributed by atoms with van der Waals surface area (Å²) in [6, 6.07) is 1.91. The molecule has 6 heteroatoms. The van der Waals surface area contributed by atoms with Crippen molar-refractivity contribution in [2.45, 2.75) is 6.92 Å². The van der Waals surface area contributed by atoms with Gasteiger partial charge in [0.1, 0.15) is 28.5 Å². The predicted molar refractivity (Wildman–Crippen MR) is 58.9 cm³/mol. The van der Waals surface area contributed by atoms with Crippen molar-refractivity contribution < 1.29 is 8.78 Å². The molecule has 4 nitrogen and oxygen atoms in total. The van der Waals surface area contributed by atoms with E-state index in [1.807, 2.05) is 0 Å². The SMILES string of the molecule is Cc1nc2c([nH]c3cc(F)cc(F)c32)c(=O)[nH]1. The molecule has 0 spiro atoms. The van der Waals surface area contributed by atoms with Crippen molar-refractivity contribution in [3.63, 3.8) is 0 Å². The molecule has 86 valence electrons. The standard InChI is InChI=1S/C11H7F2N3O/c1-4-14-9-8-6(13)2-5(12)3-7(8)16-10(9)11(17)15-4/h2-3,16H,1H3,(H,14,15,17). The zero-order chi connectivity index (χ0) is 12.2. The van der Waals surface area contributed by atoms with E-state index in [2.05, 4.69) is 15.0 Å². The van der Waals surface area contributed by atoms with E-state index in [1.54, 1.807) is 6.92 Å². The average molecular weight is 235 g/mol. The first-order valence-electron chi connectivity index (χ1n) is 4.93. The number of rotatable bonds is 0. The first kappa shape index (κ1) is 9.95. The quantitative estimate of drug-likeness (QED) is 0.626. The summed E-state index contributed by atoms with van der Waals surface area (Å²) >= 11 is 0. The summed E-state index contributed by atoms with van der Waals surface area (Å²) < 4.78 is 26.7. The van der Waals surface area contributed by atoms with E-state index < -0.39 is 17.2 Å². The second-order valence-electron chi connectivity index (χ2n) is 3.81. The van der Waals surface area contributed by atoms with Crippen molar-refractivity contribution in [2.75, 3.05) is 0 Å². The average Bonchev–Trinajstić information content (AvgIpc) is 2.56. The van der Waals surface area contributed by atoms with Crippen molar-refractivity contribution >= 4 is 21.9 Å². The van der Waals surface area contributed by atoms with Crippen LogP contribution in [0.4, 0.5) is 8.78 Å². The maximum atomic E-state index is 13.7. The van der Waals surface area contributed by atoms with E-state index in [9.17, 15) is 13.6 Å². The largest absolute Gasteiger partial charge is 0.348 e. The fourth-order valence-electron chi connectivity index (χ4n) is 1.93. The minimum Gasteiger partial charge on any atom is -0.348 e. The highest BCUT2D eigenvalue weighted by Gasteiger charge is 2.14. The molecule has 1 aromatic carbocycles. The van der Waals surface area contributed by atoms with Gasteiger partial charge in [-0.1, -0.05) is 0 Å². The molecule has 0 fully saturated rings. The van der Waals surface area contributed by atoms with Crippen molar-refractivity contribution in [1.82, 2.24) is 15.0 Å². The fourth-order valence-corrected chi connectivity index (χ4v) is 1.93. The summed E-state index contributed by atoms with van der Waals surface area (Å²) in [5.41, 5.74) is 0.193. The van der Waals surface area contributed by atoms with Gasteiger partial charge in [-0.05, 0) is 13.0 Å². The maximum Gasteiger partial charge on any atom is 0.275 e. The summed E-state index contributed by atoms with van der Waals surface area (Å²) in [4.78, 5) is 20.9. The molecule has 0 aliphatic carbocycles. The Balaban J connectivity index is 2.65. The Morgan fingerprint density at radius 2 is 2.00 bits per heavy atom. The molecule has 0 aliphatic rings. The highest BCUT2D eigenvalue weighted by molar-refractivity contribution is 6.04. The van der Waals surface area contributed by atoms with Crippen LogP contribution in [-0.4, -0.2) is 15.0 Å². The lowest BCUT2D eigenvalue weighted by atomic mass is 10.2. The molecule has 3 rings (SSSR count). The number of fused-ring (bicyclic) bond motifs is 3. The van der Waals surface area contributed by atoms with Crippen LogP contribution in [0, 0.1) is 18.6 Å². The summed E-state index contributed by atoms with van der Waals surface area (Å²) in [5.74, 6) is -1.05. The zero-order valence-corrected chi connectivity index (χ0v) is 8.77. The Hall–Kier alpha value is -2.24. The van der Waals surface area contributed by atoms with Gasteiger partial charge in [-0.25, -0.2) is 13.8 Å². The number of nitrogens with one attached hydrogen (secondary N) is 2. The van der Waals surface area contributed by atoms with Gasteiger partial charge in [0, 0.05) is 6.07 Å². The first-order valence-corrected chi connectivity index (χ1v) is 4.93. The van der Waals surface area contributed by atoms with Crippen molar-refractivity contribution in [1.29, 1.82) is 0 Å². The number of aromatic amines is 2. The van der Waals surface area contributed by atoms with E-state index >= 15 is 0 Å². The highest BCUT2D eigenvalue weighted by atomic mass is 19.1. The summed E-state index contributed by atoms with van der Waals surface area (Å²) in [5, 5.41) is 0.135. The topological polar surface area (TPSA) is 61.5 Å². The molecule has 2 heterocycles. The van der Waals surface area contributed by atoms with Crippen molar-refractivity contribution in [3.8, 4) is 0 Å². The van der Waals surface area contributed by atoms with E-state index in [4.69, 9.17) is 0 Å². The van der Waals surface area contributed by atoms with Gasteiger partial charge in [-0.15, -0.1) is 0 Å². The fraction of sp³-hybridized carbons (Fsp3) is 0.0909. The van der Waals surface area contributed by atoms with Crippen molar-refractivity contribution in [2.24, 2.45) is 0 Å². The smallest absolute Gasteiger partial charge is 0.275 e. The van der Waals surface area contributed by atoms with Gasteiger partial charge in [0.15, 0.2) is 0 Å². The molecule has 2 aromatic heterocycles. The van der Waals surface area contributed by atoms with E-state index in [0.717, 1.165) is 12.1 Å². The molecule has 0 aliphatic heterocycles. The molecule has 0 radical (unpaired) electrons. The summed E-state index contributed by atoms with van der Waals surface area (Å²) in [7, 11) is 0. The van der Waals surface area contributed by atoms with Crippen LogP contribution in [0.25, 0.3) is 21.9 Å². The number of H-pyrrole nitrogens is 2. The lowest BCUT2D eigenvalue weighted by Crippen LogP contribution is -2.09. The van der Waals surface area contributed by atoms with Crippen LogP contribution in [0.3, 0.4) is 0 Å². The van der Waals surface area contributed by atoms with Crippen LogP contribution < -0.4 is 5.56 Å². The number of aromatic nitrogens is 3. The third-order valence-electron chi connectivity index (χ3n) is 2.59. The molecule has 0 atom stereocenters. The van der Waals surface area contributed by atoms with Gasteiger partial charge in [-0.3, -0.25) is 4.79 Å². The summed E-state index contributed by atoms with van der Waals surface area (Å²) in [6.07, 6.45) is 0. The summed E-state index contributed by atoms with van der Waals surface area (Å²) in [6.45, 7) is 1.60. The van der Waals surface area contributed by atoms with Gasteiger partial charge in [0.05, 0.1) is 10.9 Å². The molecule has 3 aromatic rings. The van der Waals surface area contributed by atoms with Crippen LogP contribution in [0.5, 0.6) is 0 Å². The Morgan fingerprint density at radius 3 is 2.76 bits per heavy atom. The Morgan fingerprint density at radius 1 is 1.24 bits per heavy atom. The van der Waals surface area contributed by atoms with Crippen LogP contribution >= 0.6 is 0 Å². The van der Waals surface area contributed by atoms with Gasteiger partial charge >= 0.3 is 0 Å². The minimum atomic E-state index is -0.733. The van der Waals surface area contributed by atoms with Crippen LogP contribution in [-0.2, 0) is 0 Å². The molecule has 0 saturated heterocycles. The molecule has 0 unspecified atom stereocenters. The lowest BCUT2D eigenvalue weighted by Gasteiger charge is -1.95. The second kappa shape index (κ2) is 3.13. The molecule has 0 bridgehead atoms. The predicted octanol–water partition coefficient (Wildman–Crippen LogP) is 1.99. The van der Waals surface area contributed by atoms with Gasteiger partial charge in [0.2, 0.25) is 0 Å². The third kappa shape index (κ3) is 1.33. The Labute approximate surface area is 93.3 Å². The number of halogens is 2. The lowest BCUT2D eigenvalue weighted by molar-refractivity contribution is 0.592. The zero-order valence-electron chi connectivity index (χ0n) is 8.77. The number of benzene rings is 1. The van der Waals surface area contributed by atoms with Crippen LogP contribution in [0.2, 0.25) is 0 Å². The molecular weight excluding hydrogens is 228 g/mol. The monoisotopic (exact) mass is 235 g/mol. The van der Waals surface area contributed by atoms with Gasteiger partial charge in [0.25, 0.3) is 5.56 Å². The molecular formula is C11H7F2N3O. The van der Waals surface area contributed by atoms with Crippen LogP contribution in [0.15, 0.2) is 16.9 Å². The second-order valence-corrected chi connectivity index (χ2v) is 3.81. The number of aryl methyl sites for hydroxylation is 1. The maximum absolute atomic E-state index is 13.7. The number of hydrogen-bond acceptors (Lipinski definition) is 2.